The smallest absolute Gasteiger partial charge is 0.256 e. The largest absolute Gasteiger partial charge is 0.305 e. The Hall–Kier alpha value is -2.30. The predicted octanol–water partition coefficient (Wildman–Crippen LogP) is 4.80. The van der Waals surface area contributed by atoms with Crippen molar-refractivity contribution in [2.24, 2.45) is 0 Å². The fourth-order valence-corrected chi connectivity index (χ4v) is 2.54. The normalized spacial score (nSPS) is 10.6. The van der Waals surface area contributed by atoms with Crippen LogP contribution in [0.15, 0.2) is 54.6 Å². The molecule has 1 aromatic heterocycles. The molecule has 1 amide bonds. The molecule has 0 saturated heterocycles. The van der Waals surface area contributed by atoms with Crippen LogP contribution >= 0.6 is 23.2 Å². The molecule has 0 bridgehead atoms. The lowest BCUT2D eigenvalue weighted by Gasteiger charge is -2.05. The summed E-state index contributed by atoms with van der Waals surface area (Å²) in [6.07, 6.45) is 0. The van der Waals surface area contributed by atoms with Crippen LogP contribution in [0.5, 0.6) is 0 Å². The van der Waals surface area contributed by atoms with Crippen LogP contribution in [0.1, 0.15) is 21.6 Å². The summed E-state index contributed by atoms with van der Waals surface area (Å²) in [5.74, 6) is 0.296. The number of nitrogens with zero attached hydrogens (tertiary/aromatic N) is 2. The molecule has 0 saturated carbocycles. The molecule has 3 rings (SSSR count). The zero-order valence-corrected chi connectivity index (χ0v) is 14.5. The number of aryl methyl sites for hydroxylation is 1. The van der Waals surface area contributed by atoms with Crippen LogP contribution in [0.25, 0.3) is 0 Å². The van der Waals surface area contributed by atoms with Gasteiger partial charge < -0.3 is 5.32 Å². The van der Waals surface area contributed by atoms with Crippen LogP contribution in [0.2, 0.25) is 10.0 Å². The van der Waals surface area contributed by atoms with Crippen LogP contribution in [-0.4, -0.2) is 15.7 Å². The minimum Gasteiger partial charge on any atom is -0.305 e. The van der Waals surface area contributed by atoms with Crippen molar-refractivity contribution in [2.75, 3.05) is 5.32 Å². The summed E-state index contributed by atoms with van der Waals surface area (Å²) in [6, 6.07) is 16.2. The maximum atomic E-state index is 12.2. The first-order chi connectivity index (χ1) is 11.5. The highest BCUT2D eigenvalue weighted by molar-refractivity contribution is 6.30. The molecular weight excluding hydrogens is 345 g/mol. The fourth-order valence-electron chi connectivity index (χ4n) is 2.28. The van der Waals surface area contributed by atoms with Gasteiger partial charge in [-0.2, -0.15) is 5.10 Å². The molecule has 0 atom stereocenters. The van der Waals surface area contributed by atoms with E-state index in [-0.39, 0.29) is 5.91 Å². The summed E-state index contributed by atoms with van der Waals surface area (Å²) in [7, 11) is 0. The Kier molecular flexibility index (Phi) is 4.88. The number of nitrogens with one attached hydrogen (secondary N) is 1. The first kappa shape index (κ1) is 16.6. The van der Waals surface area contributed by atoms with Gasteiger partial charge in [-0.25, -0.2) is 0 Å². The van der Waals surface area contributed by atoms with Gasteiger partial charge in [0.25, 0.3) is 5.91 Å². The van der Waals surface area contributed by atoms with Gasteiger partial charge in [0.2, 0.25) is 0 Å². The van der Waals surface area contributed by atoms with E-state index in [2.05, 4.69) is 10.4 Å². The Labute approximate surface area is 150 Å². The molecule has 0 aliphatic heterocycles. The van der Waals surface area contributed by atoms with Crippen LogP contribution < -0.4 is 5.32 Å². The van der Waals surface area contributed by atoms with Gasteiger partial charge in [0.05, 0.1) is 6.54 Å². The summed E-state index contributed by atoms with van der Waals surface area (Å²) in [5.41, 5.74) is 2.57. The summed E-state index contributed by atoms with van der Waals surface area (Å²) in [4.78, 5) is 12.2. The molecule has 122 valence electrons. The van der Waals surface area contributed by atoms with E-state index in [1.807, 2.05) is 41.9 Å². The number of carbonyl (C=O) groups is 1. The van der Waals surface area contributed by atoms with E-state index < -0.39 is 0 Å². The number of anilines is 1. The molecule has 0 radical (unpaired) electrons. The SMILES string of the molecule is Cc1cc(NC(=O)c2ccc(Cl)cc2)nn1Cc1ccc(Cl)cc1. The number of amides is 1. The summed E-state index contributed by atoms with van der Waals surface area (Å²) in [6.45, 7) is 2.56. The van der Waals surface area contributed by atoms with E-state index in [1.54, 1.807) is 24.3 Å². The minimum atomic E-state index is -0.220. The van der Waals surface area contributed by atoms with Crippen LogP contribution in [0.3, 0.4) is 0 Å². The van der Waals surface area contributed by atoms with E-state index in [9.17, 15) is 4.79 Å². The van der Waals surface area contributed by atoms with Crippen LogP contribution in [0.4, 0.5) is 5.82 Å². The maximum Gasteiger partial charge on any atom is 0.256 e. The molecule has 0 unspecified atom stereocenters. The Morgan fingerprint density at radius 2 is 1.62 bits per heavy atom. The van der Waals surface area contributed by atoms with E-state index in [4.69, 9.17) is 23.2 Å². The topological polar surface area (TPSA) is 46.9 Å². The highest BCUT2D eigenvalue weighted by atomic mass is 35.5. The number of benzene rings is 2. The highest BCUT2D eigenvalue weighted by Crippen LogP contribution is 2.15. The third-order valence-corrected chi connectivity index (χ3v) is 4.08. The number of halogens is 2. The Balaban J connectivity index is 1.72. The number of rotatable bonds is 4. The molecule has 3 aromatic rings. The zero-order chi connectivity index (χ0) is 17.1. The second kappa shape index (κ2) is 7.07. The molecule has 2 aromatic carbocycles. The molecule has 6 heteroatoms. The lowest BCUT2D eigenvalue weighted by atomic mass is 10.2. The molecule has 1 N–H and O–H groups in total. The van der Waals surface area contributed by atoms with Crippen molar-refractivity contribution in [3.8, 4) is 0 Å². The van der Waals surface area contributed by atoms with Crippen LogP contribution in [0, 0.1) is 6.92 Å². The zero-order valence-electron chi connectivity index (χ0n) is 13.0. The standard InChI is InChI=1S/C18H15Cl2N3O/c1-12-10-17(21-18(24)14-4-8-16(20)9-5-14)22-23(12)11-13-2-6-15(19)7-3-13/h2-10H,11H2,1H3,(H,21,22,24). The predicted molar refractivity (Wildman–Crippen MR) is 96.9 cm³/mol. The van der Waals surface area contributed by atoms with Gasteiger partial charge in [0, 0.05) is 27.4 Å². The number of hydrogen-bond donors (Lipinski definition) is 1. The van der Waals surface area contributed by atoms with Gasteiger partial charge in [-0.05, 0) is 48.9 Å². The molecule has 1 heterocycles. The first-order valence-corrected chi connectivity index (χ1v) is 8.13. The average molecular weight is 360 g/mol. The lowest BCUT2D eigenvalue weighted by molar-refractivity contribution is 0.102. The quantitative estimate of drug-likeness (QED) is 0.727. The lowest BCUT2D eigenvalue weighted by Crippen LogP contribution is -2.12. The molecule has 0 aliphatic rings. The van der Waals surface area contributed by atoms with Crippen molar-refractivity contribution in [1.82, 2.24) is 9.78 Å². The van der Waals surface area contributed by atoms with E-state index in [1.165, 1.54) is 0 Å². The second-order valence-corrected chi connectivity index (χ2v) is 6.29. The van der Waals surface area contributed by atoms with Gasteiger partial charge >= 0.3 is 0 Å². The molecule has 0 fully saturated rings. The Morgan fingerprint density at radius 3 is 2.25 bits per heavy atom. The van der Waals surface area contributed by atoms with E-state index in [0.29, 0.717) is 28.0 Å². The van der Waals surface area contributed by atoms with Crippen molar-refractivity contribution in [3.05, 3.63) is 81.5 Å². The van der Waals surface area contributed by atoms with Crippen molar-refractivity contribution in [3.63, 3.8) is 0 Å². The fraction of sp³-hybridized carbons (Fsp3) is 0.111. The number of hydrogen-bond acceptors (Lipinski definition) is 2. The average Bonchev–Trinajstić information content (AvgIpc) is 2.89. The van der Waals surface area contributed by atoms with E-state index >= 15 is 0 Å². The molecule has 0 aliphatic carbocycles. The second-order valence-electron chi connectivity index (χ2n) is 5.42. The number of aromatic nitrogens is 2. The molecular formula is C18H15Cl2N3O. The Morgan fingerprint density at radius 1 is 1.04 bits per heavy atom. The third kappa shape index (κ3) is 3.96. The number of carbonyl (C=O) groups excluding carboxylic acids is 1. The Bertz CT molecular complexity index is 855. The minimum absolute atomic E-state index is 0.220. The first-order valence-electron chi connectivity index (χ1n) is 7.37. The maximum absolute atomic E-state index is 12.2. The van der Waals surface area contributed by atoms with Crippen molar-refractivity contribution in [1.29, 1.82) is 0 Å². The van der Waals surface area contributed by atoms with Gasteiger partial charge in [-0.1, -0.05) is 35.3 Å². The van der Waals surface area contributed by atoms with Gasteiger partial charge in [0.1, 0.15) is 0 Å². The molecule has 4 nitrogen and oxygen atoms in total. The highest BCUT2D eigenvalue weighted by Gasteiger charge is 2.10. The monoisotopic (exact) mass is 359 g/mol. The summed E-state index contributed by atoms with van der Waals surface area (Å²) >= 11 is 11.7. The molecule has 24 heavy (non-hydrogen) atoms. The van der Waals surface area contributed by atoms with Crippen LogP contribution in [-0.2, 0) is 6.54 Å². The van der Waals surface area contributed by atoms with Gasteiger partial charge in [0.15, 0.2) is 5.82 Å². The third-order valence-electron chi connectivity index (χ3n) is 3.57. The summed E-state index contributed by atoms with van der Waals surface area (Å²) < 4.78 is 1.83. The van der Waals surface area contributed by atoms with Crippen molar-refractivity contribution < 1.29 is 4.79 Å². The van der Waals surface area contributed by atoms with Gasteiger partial charge in [-0.3, -0.25) is 9.48 Å². The van der Waals surface area contributed by atoms with Gasteiger partial charge in [-0.15, -0.1) is 0 Å². The van der Waals surface area contributed by atoms with Crippen molar-refractivity contribution in [2.45, 2.75) is 13.5 Å². The summed E-state index contributed by atoms with van der Waals surface area (Å²) in [5, 5.41) is 8.53. The molecule has 0 spiro atoms. The van der Waals surface area contributed by atoms with E-state index in [0.717, 1.165) is 11.3 Å². The van der Waals surface area contributed by atoms with Crippen molar-refractivity contribution >= 4 is 34.9 Å².